The maximum absolute atomic E-state index is 12.2. The lowest BCUT2D eigenvalue weighted by atomic mass is 10.1. The number of carbonyl (C=O) groups is 1. The first-order valence-electron chi connectivity index (χ1n) is 8.53. The van der Waals surface area contributed by atoms with E-state index in [2.05, 4.69) is 15.4 Å². The molecule has 0 saturated heterocycles. The Labute approximate surface area is 162 Å². The highest BCUT2D eigenvalue weighted by atomic mass is 32.2. The van der Waals surface area contributed by atoms with E-state index in [0.29, 0.717) is 17.2 Å². The molecular weight excluding hydrogens is 382 g/mol. The van der Waals surface area contributed by atoms with Crippen molar-refractivity contribution in [2.45, 2.75) is 24.7 Å². The first-order chi connectivity index (χ1) is 13.1. The second-order valence-corrected chi connectivity index (χ2v) is 8.91. The Kier molecular flexibility index (Phi) is 5.09. The van der Waals surface area contributed by atoms with Crippen LogP contribution in [0.3, 0.4) is 0 Å². The Hall–Kier alpha value is -2.98. The minimum absolute atomic E-state index is 0.107. The summed E-state index contributed by atoms with van der Waals surface area (Å²) in [4.78, 5) is 15.8. The predicted molar refractivity (Wildman–Crippen MR) is 105 cm³/mol. The number of hydrogen-bond donors (Lipinski definition) is 2. The van der Waals surface area contributed by atoms with E-state index in [9.17, 15) is 18.3 Å². The van der Waals surface area contributed by atoms with Gasteiger partial charge in [0, 0.05) is 31.4 Å². The first kappa shape index (κ1) is 19.8. The molecule has 0 unspecified atom stereocenters. The quantitative estimate of drug-likeness (QED) is 0.649. The van der Waals surface area contributed by atoms with Crippen molar-refractivity contribution in [2.75, 3.05) is 19.4 Å². The number of nitrogens with zero attached hydrogens (tertiary/aromatic N) is 4. The lowest BCUT2D eigenvalue weighted by Gasteiger charge is -2.13. The summed E-state index contributed by atoms with van der Waals surface area (Å²) in [5, 5.41) is 16.8. The molecule has 0 bridgehead atoms. The number of fused-ring (bicyclic) bond motifs is 1. The van der Waals surface area contributed by atoms with E-state index >= 15 is 0 Å². The molecule has 2 aromatic heterocycles. The number of carboxylic acid groups (broad SMARTS) is 1. The van der Waals surface area contributed by atoms with Gasteiger partial charge in [-0.15, -0.1) is 0 Å². The van der Waals surface area contributed by atoms with Gasteiger partial charge in [-0.05, 0) is 30.2 Å². The molecule has 0 saturated carbocycles. The summed E-state index contributed by atoms with van der Waals surface area (Å²) < 4.78 is 27.0. The van der Waals surface area contributed by atoms with Crippen molar-refractivity contribution >= 4 is 33.1 Å². The number of aromatic nitrogens is 3. The van der Waals surface area contributed by atoms with Crippen LogP contribution in [0.1, 0.15) is 35.8 Å². The molecule has 0 amide bonds. The molecule has 0 aliphatic rings. The summed E-state index contributed by atoms with van der Waals surface area (Å²) in [6.45, 7) is 3.95. The van der Waals surface area contributed by atoms with Crippen LogP contribution in [0.5, 0.6) is 0 Å². The van der Waals surface area contributed by atoms with Gasteiger partial charge in [0.1, 0.15) is 5.82 Å². The average molecular weight is 403 g/mol. The molecule has 0 aliphatic carbocycles. The molecule has 2 heterocycles. The largest absolute Gasteiger partial charge is 0.477 e. The molecule has 148 valence electrons. The Morgan fingerprint density at radius 2 is 1.86 bits per heavy atom. The Morgan fingerprint density at radius 3 is 2.39 bits per heavy atom. The van der Waals surface area contributed by atoms with Crippen molar-refractivity contribution < 1.29 is 18.3 Å². The fourth-order valence-electron chi connectivity index (χ4n) is 2.65. The van der Waals surface area contributed by atoms with Gasteiger partial charge in [0.15, 0.2) is 11.3 Å². The number of rotatable bonds is 6. The van der Waals surface area contributed by atoms with Gasteiger partial charge in [0.05, 0.1) is 11.1 Å². The van der Waals surface area contributed by atoms with Crippen LogP contribution in [0.4, 0.5) is 11.5 Å². The van der Waals surface area contributed by atoms with Crippen molar-refractivity contribution in [3.05, 3.63) is 47.8 Å². The van der Waals surface area contributed by atoms with Gasteiger partial charge in [-0.2, -0.15) is 9.61 Å². The third-order valence-corrected chi connectivity index (χ3v) is 6.07. The number of hydrogen-bond acceptors (Lipinski definition) is 6. The fourth-order valence-corrected chi connectivity index (χ4v) is 3.56. The van der Waals surface area contributed by atoms with E-state index in [1.54, 1.807) is 18.3 Å². The highest BCUT2D eigenvalue weighted by Gasteiger charge is 2.18. The van der Waals surface area contributed by atoms with Crippen molar-refractivity contribution in [2.24, 2.45) is 0 Å². The Balaban J connectivity index is 2.03. The fraction of sp³-hybridized carbons (Fsp3) is 0.278. The predicted octanol–water partition coefficient (Wildman–Crippen LogP) is 2.54. The van der Waals surface area contributed by atoms with Crippen LogP contribution in [0, 0.1) is 0 Å². The maximum atomic E-state index is 12.2. The second kappa shape index (κ2) is 7.21. The van der Waals surface area contributed by atoms with Crippen molar-refractivity contribution in [3.63, 3.8) is 0 Å². The number of anilines is 2. The number of aromatic carboxylic acids is 1. The highest BCUT2D eigenvalue weighted by Crippen LogP contribution is 2.25. The minimum atomic E-state index is -3.53. The number of sulfonamides is 1. The third-order valence-electron chi connectivity index (χ3n) is 4.25. The second-order valence-electron chi connectivity index (χ2n) is 6.76. The van der Waals surface area contributed by atoms with Gasteiger partial charge in [0.2, 0.25) is 10.0 Å². The summed E-state index contributed by atoms with van der Waals surface area (Å²) in [6.07, 6.45) is 1.66. The van der Waals surface area contributed by atoms with Gasteiger partial charge in [0.25, 0.3) is 0 Å². The molecule has 9 nitrogen and oxygen atoms in total. The van der Waals surface area contributed by atoms with E-state index < -0.39 is 16.0 Å². The summed E-state index contributed by atoms with van der Waals surface area (Å²) in [5.74, 6) is -0.608. The zero-order chi connectivity index (χ0) is 20.6. The molecule has 0 radical (unpaired) electrons. The summed E-state index contributed by atoms with van der Waals surface area (Å²) in [7, 11) is -0.595. The lowest BCUT2D eigenvalue weighted by molar-refractivity contribution is 0.0690. The van der Waals surface area contributed by atoms with Gasteiger partial charge in [-0.3, -0.25) is 0 Å². The van der Waals surface area contributed by atoms with Crippen LogP contribution in [0.25, 0.3) is 5.65 Å². The normalized spacial score (nSPS) is 12.1. The summed E-state index contributed by atoms with van der Waals surface area (Å²) >= 11 is 0. The van der Waals surface area contributed by atoms with E-state index in [1.165, 1.54) is 36.8 Å². The standard InChI is InChI=1S/C18H21N5O4S/c1-11(2)14-10-19-23-16(9-15(18(24)25)21-17(14)23)20-12-5-7-13(8-6-12)28(26,27)22(3)4/h5-11,20H,1-4H3,(H,24,25). The number of carboxylic acids is 1. The monoisotopic (exact) mass is 403 g/mol. The zero-order valence-corrected chi connectivity index (χ0v) is 16.7. The van der Waals surface area contributed by atoms with Crippen LogP contribution >= 0.6 is 0 Å². The number of nitrogens with one attached hydrogen (secondary N) is 1. The molecule has 0 atom stereocenters. The van der Waals surface area contributed by atoms with Gasteiger partial charge in [-0.1, -0.05) is 13.8 Å². The van der Waals surface area contributed by atoms with E-state index in [0.717, 1.165) is 9.87 Å². The van der Waals surface area contributed by atoms with Crippen molar-refractivity contribution in [3.8, 4) is 0 Å². The molecule has 28 heavy (non-hydrogen) atoms. The van der Waals surface area contributed by atoms with Gasteiger partial charge in [-0.25, -0.2) is 22.5 Å². The van der Waals surface area contributed by atoms with Crippen molar-refractivity contribution in [1.82, 2.24) is 18.9 Å². The topological polar surface area (TPSA) is 117 Å². The van der Waals surface area contributed by atoms with Crippen LogP contribution < -0.4 is 5.32 Å². The van der Waals surface area contributed by atoms with Crippen molar-refractivity contribution in [1.29, 1.82) is 0 Å². The average Bonchev–Trinajstić information content (AvgIpc) is 3.06. The SMILES string of the molecule is CC(C)c1cnn2c(Nc3ccc(S(=O)(=O)N(C)C)cc3)cc(C(=O)O)nc12. The zero-order valence-electron chi connectivity index (χ0n) is 15.9. The molecule has 2 N–H and O–H groups in total. The molecule has 10 heteroatoms. The van der Waals surface area contributed by atoms with E-state index in [1.807, 2.05) is 13.8 Å². The summed E-state index contributed by atoms with van der Waals surface area (Å²) in [5.41, 5.74) is 1.77. The van der Waals surface area contributed by atoms with Crippen LogP contribution in [-0.2, 0) is 10.0 Å². The molecular formula is C18H21N5O4S. The highest BCUT2D eigenvalue weighted by molar-refractivity contribution is 7.89. The third kappa shape index (κ3) is 3.56. The van der Waals surface area contributed by atoms with Gasteiger partial charge >= 0.3 is 5.97 Å². The first-order valence-corrected chi connectivity index (χ1v) is 9.97. The lowest BCUT2D eigenvalue weighted by Crippen LogP contribution is -2.22. The minimum Gasteiger partial charge on any atom is -0.477 e. The van der Waals surface area contributed by atoms with E-state index in [4.69, 9.17) is 0 Å². The van der Waals surface area contributed by atoms with E-state index in [-0.39, 0.29) is 16.5 Å². The summed E-state index contributed by atoms with van der Waals surface area (Å²) in [6, 6.07) is 7.57. The number of benzene rings is 1. The smallest absolute Gasteiger partial charge is 0.354 e. The molecule has 3 aromatic rings. The molecule has 0 spiro atoms. The van der Waals surface area contributed by atoms with Gasteiger partial charge < -0.3 is 10.4 Å². The molecule has 1 aromatic carbocycles. The van der Waals surface area contributed by atoms with Crippen LogP contribution in [0.2, 0.25) is 0 Å². The Morgan fingerprint density at radius 1 is 1.21 bits per heavy atom. The Bertz CT molecular complexity index is 1130. The molecule has 0 aliphatic heterocycles. The molecule has 0 fully saturated rings. The molecule has 3 rings (SSSR count). The van der Waals surface area contributed by atoms with Crippen LogP contribution in [-0.4, -0.2) is 52.5 Å². The van der Waals surface area contributed by atoms with Crippen LogP contribution in [0.15, 0.2) is 41.4 Å². The maximum Gasteiger partial charge on any atom is 0.354 e.